The van der Waals surface area contributed by atoms with Crippen LogP contribution in [0.4, 0.5) is 10.2 Å². The number of hydrogen-bond acceptors (Lipinski definition) is 5. The third kappa shape index (κ3) is 4.96. The van der Waals surface area contributed by atoms with Gasteiger partial charge in [0.05, 0.1) is 23.1 Å². The van der Waals surface area contributed by atoms with Gasteiger partial charge in [-0.15, -0.1) is 0 Å². The first-order valence-corrected chi connectivity index (χ1v) is 11.8. The predicted molar refractivity (Wildman–Crippen MR) is 134 cm³/mol. The zero-order chi connectivity index (χ0) is 23.3. The lowest BCUT2D eigenvalue weighted by Gasteiger charge is -2.28. The van der Waals surface area contributed by atoms with Gasteiger partial charge in [-0.25, -0.2) is 9.37 Å². The molecular weight excluding hydrogens is 427 g/mol. The number of rotatable bonds is 5. The average molecular weight is 457 g/mol. The zero-order valence-electron chi connectivity index (χ0n) is 19.1. The molecule has 2 fully saturated rings. The summed E-state index contributed by atoms with van der Waals surface area (Å²) in [6.07, 6.45) is 9.40. The summed E-state index contributed by atoms with van der Waals surface area (Å²) < 4.78 is 13.7. The van der Waals surface area contributed by atoms with Crippen LogP contribution in [0.25, 0.3) is 5.70 Å². The fourth-order valence-electron chi connectivity index (χ4n) is 4.69. The van der Waals surface area contributed by atoms with Crippen molar-refractivity contribution in [3.63, 3.8) is 0 Å². The molecule has 6 nitrogen and oxygen atoms in total. The van der Waals surface area contributed by atoms with E-state index in [-0.39, 0.29) is 11.9 Å². The van der Waals surface area contributed by atoms with E-state index in [1.165, 1.54) is 6.07 Å². The predicted octanol–water partition coefficient (Wildman–Crippen LogP) is 3.98. The minimum atomic E-state index is -0.234. The molecule has 3 aliphatic rings. The zero-order valence-corrected chi connectivity index (χ0v) is 19.1. The number of amidine groups is 1. The van der Waals surface area contributed by atoms with Crippen LogP contribution in [0.1, 0.15) is 30.1 Å². The molecule has 1 aromatic carbocycles. The highest BCUT2D eigenvalue weighted by molar-refractivity contribution is 5.91. The lowest BCUT2D eigenvalue weighted by Crippen LogP contribution is -2.43. The molecule has 7 heteroatoms. The van der Waals surface area contributed by atoms with Gasteiger partial charge in [-0.2, -0.15) is 0 Å². The van der Waals surface area contributed by atoms with Crippen molar-refractivity contribution in [3.05, 3.63) is 95.3 Å². The lowest BCUT2D eigenvalue weighted by atomic mass is 10.0. The molecule has 0 amide bonds. The summed E-state index contributed by atoms with van der Waals surface area (Å²) in [6.45, 7) is 4.63. The van der Waals surface area contributed by atoms with E-state index >= 15 is 0 Å². The van der Waals surface area contributed by atoms with Crippen LogP contribution in [-0.4, -0.2) is 48.4 Å². The Bertz CT molecular complexity index is 1190. The molecule has 2 aromatic rings. The number of benzene rings is 1. The third-order valence-corrected chi connectivity index (χ3v) is 6.41. The largest absolute Gasteiger partial charge is 0.354 e. The molecule has 1 aromatic heterocycles. The molecule has 3 aliphatic heterocycles. The molecule has 5 rings (SSSR count). The number of likely N-dealkylation sites (tertiary alicyclic amines) is 1. The summed E-state index contributed by atoms with van der Waals surface area (Å²) in [5, 5.41) is 15.4. The molecule has 1 atom stereocenters. The summed E-state index contributed by atoms with van der Waals surface area (Å²) in [4.78, 5) is 9.19. The number of pyridine rings is 1. The molecular formula is C27H29FN6. The van der Waals surface area contributed by atoms with E-state index in [2.05, 4.69) is 27.3 Å². The minimum Gasteiger partial charge on any atom is -0.354 e. The van der Waals surface area contributed by atoms with Gasteiger partial charge >= 0.3 is 0 Å². The topological polar surface area (TPSA) is 67.3 Å². The van der Waals surface area contributed by atoms with Crippen LogP contribution in [0.3, 0.4) is 0 Å². The van der Waals surface area contributed by atoms with Crippen molar-refractivity contribution < 1.29 is 4.39 Å². The number of aromatic nitrogens is 1. The molecule has 0 unspecified atom stereocenters. The van der Waals surface area contributed by atoms with Crippen LogP contribution in [0.15, 0.2) is 78.2 Å². The van der Waals surface area contributed by atoms with Crippen molar-refractivity contribution in [2.75, 3.05) is 37.6 Å². The number of anilines is 1. The highest BCUT2D eigenvalue weighted by atomic mass is 19.1. The summed E-state index contributed by atoms with van der Waals surface area (Å²) in [6, 6.07) is 12.8. The first kappa shape index (κ1) is 22.1. The Morgan fingerprint density at radius 3 is 2.85 bits per heavy atom. The van der Waals surface area contributed by atoms with E-state index in [1.807, 2.05) is 41.3 Å². The fourth-order valence-corrected chi connectivity index (χ4v) is 4.69. The normalized spacial score (nSPS) is 20.3. The molecule has 0 aliphatic carbocycles. The molecule has 0 saturated carbocycles. The van der Waals surface area contributed by atoms with Crippen molar-refractivity contribution in [2.45, 2.75) is 18.9 Å². The van der Waals surface area contributed by atoms with E-state index in [9.17, 15) is 4.39 Å². The Hall–Kier alpha value is -3.67. The standard InChI is InChI=1S/C27H29FN6/c28-21-6-1-5-20(19-21)25-10-4-16-34(25)26(29)13-12-22-7-2-8-23(31-22)24-9-3-11-27(32-24)33-17-14-30-15-18-33/h1-3,5-6,8-9,11-13,19,25,29-31H,4,10,14-18H2/b13-12-,29-26?/t25-/m1/s1. The molecule has 4 heterocycles. The Kier molecular flexibility index (Phi) is 6.56. The van der Waals surface area contributed by atoms with Gasteiger partial charge in [0.1, 0.15) is 17.5 Å². The van der Waals surface area contributed by atoms with Gasteiger partial charge < -0.3 is 20.4 Å². The molecule has 0 bridgehead atoms. The summed E-state index contributed by atoms with van der Waals surface area (Å²) in [5.74, 6) is 1.16. The summed E-state index contributed by atoms with van der Waals surface area (Å²) in [7, 11) is 0. The first-order chi connectivity index (χ1) is 16.7. The Labute approximate surface area is 199 Å². The maximum Gasteiger partial charge on any atom is 0.129 e. The lowest BCUT2D eigenvalue weighted by molar-refractivity contribution is 0.398. The van der Waals surface area contributed by atoms with Gasteiger partial charge in [0.15, 0.2) is 0 Å². The monoisotopic (exact) mass is 456 g/mol. The third-order valence-electron chi connectivity index (χ3n) is 6.41. The SMILES string of the molecule is N=C(/C=C\C1=C=CC=C(c2cccc(N3CCNCC3)n2)N1)N1CCC[C@@H]1c1cccc(F)c1. The van der Waals surface area contributed by atoms with Gasteiger partial charge in [0, 0.05) is 32.7 Å². The highest BCUT2D eigenvalue weighted by Gasteiger charge is 2.27. The van der Waals surface area contributed by atoms with Gasteiger partial charge in [0.2, 0.25) is 0 Å². The Morgan fingerprint density at radius 1 is 1.15 bits per heavy atom. The fraction of sp³-hybridized carbons (Fsp3) is 0.296. The molecule has 0 radical (unpaired) electrons. The number of allylic oxidation sites excluding steroid dienone is 2. The smallest absolute Gasteiger partial charge is 0.129 e. The van der Waals surface area contributed by atoms with Crippen LogP contribution in [0.2, 0.25) is 0 Å². The number of hydrogen-bond donors (Lipinski definition) is 3. The maximum atomic E-state index is 13.7. The van der Waals surface area contributed by atoms with Crippen LogP contribution >= 0.6 is 0 Å². The first-order valence-electron chi connectivity index (χ1n) is 11.8. The van der Waals surface area contributed by atoms with Gasteiger partial charge in [0.25, 0.3) is 0 Å². The van der Waals surface area contributed by atoms with Gasteiger partial charge in [-0.3, -0.25) is 5.41 Å². The summed E-state index contributed by atoms with van der Waals surface area (Å²) >= 11 is 0. The van der Waals surface area contributed by atoms with Crippen molar-refractivity contribution in [1.29, 1.82) is 5.41 Å². The minimum absolute atomic E-state index is 0.0315. The van der Waals surface area contributed by atoms with Crippen LogP contribution in [-0.2, 0) is 0 Å². The molecule has 3 N–H and O–H groups in total. The number of nitrogens with zero attached hydrogens (tertiary/aromatic N) is 3. The maximum absolute atomic E-state index is 13.7. The Balaban J connectivity index is 1.25. The number of nitrogens with one attached hydrogen (secondary N) is 3. The average Bonchev–Trinajstić information content (AvgIpc) is 3.38. The van der Waals surface area contributed by atoms with Crippen molar-refractivity contribution in [1.82, 2.24) is 20.5 Å². The van der Waals surface area contributed by atoms with Crippen molar-refractivity contribution in [2.24, 2.45) is 0 Å². The second kappa shape index (κ2) is 10.1. The second-order valence-electron chi connectivity index (χ2n) is 8.67. The van der Waals surface area contributed by atoms with Crippen molar-refractivity contribution in [3.8, 4) is 0 Å². The molecule has 174 valence electrons. The van der Waals surface area contributed by atoms with E-state index in [0.29, 0.717) is 5.84 Å². The van der Waals surface area contributed by atoms with E-state index in [1.54, 1.807) is 18.2 Å². The molecule has 34 heavy (non-hydrogen) atoms. The highest BCUT2D eigenvalue weighted by Crippen LogP contribution is 2.32. The number of piperazine rings is 1. The van der Waals surface area contributed by atoms with E-state index < -0.39 is 0 Å². The van der Waals surface area contributed by atoms with E-state index in [0.717, 1.165) is 74.0 Å². The van der Waals surface area contributed by atoms with Crippen LogP contribution < -0.4 is 15.5 Å². The number of halogens is 1. The Morgan fingerprint density at radius 2 is 2.00 bits per heavy atom. The molecule has 0 spiro atoms. The van der Waals surface area contributed by atoms with Gasteiger partial charge in [-0.05, 0) is 67.0 Å². The van der Waals surface area contributed by atoms with Crippen LogP contribution in [0, 0.1) is 11.2 Å². The van der Waals surface area contributed by atoms with Gasteiger partial charge in [-0.1, -0.05) is 23.9 Å². The van der Waals surface area contributed by atoms with E-state index in [4.69, 9.17) is 10.4 Å². The van der Waals surface area contributed by atoms with Crippen molar-refractivity contribution >= 4 is 17.4 Å². The molecule has 2 saturated heterocycles. The summed E-state index contributed by atoms with van der Waals surface area (Å²) in [5.41, 5.74) is 6.68. The quantitative estimate of drug-likeness (QED) is 0.361. The second-order valence-corrected chi connectivity index (χ2v) is 8.67. The van der Waals surface area contributed by atoms with Crippen LogP contribution in [0.5, 0.6) is 0 Å².